The number of carboxylic acid groups (broad SMARTS) is 1. The fourth-order valence-corrected chi connectivity index (χ4v) is 3.43. The van der Waals surface area contributed by atoms with Crippen molar-refractivity contribution < 1.29 is 9.90 Å². The molecule has 1 aliphatic heterocycles. The summed E-state index contributed by atoms with van der Waals surface area (Å²) in [6.07, 6.45) is 1.64. The number of aliphatic carboxylic acids is 1. The summed E-state index contributed by atoms with van der Waals surface area (Å²) in [5, 5.41) is 12.5. The van der Waals surface area contributed by atoms with Gasteiger partial charge in [0.1, 0.15) is 0 Å². The van der Waals surface area contributed by atoms with Gasteiger partial charge in [0.25, 0.3) is 0 Å². The van der Waals surface area contributed by atoms with Gasteiger partial charge in [-0.1, -0.05) is 20.8 Å². The van der Waals surface area contributed by atoms with Crippen LogP contribution in [0.4, 0.5) is 5.13 Å². The van der Waals surface area contributed by atoms with Gasteiger partial charge >= 0.3 is 5.97 Å². The van der Waals surface area contributed by atoms with Crippen LogP contribution in [0.1, 0.15) is 32.9 Å². The van der Waals surface area contributed by atoms with Crippen LogP contribution in [0.5, 0.6) is 0 Å². The van der Waals surface area contributed by atoms with Gasteiger partial charge < -0.3 is 10.0 Å². The zero-order valence-corrected chi connectivity index (χ0v) is 12.0. The maximum Gasteiger partial charge on any atom is 0.311 e. The number of carboxylic acids is 1. The Morgan fingerprint density at radius 2 is 2.39 bits per heavy atom. The Labute approximate surface area is 112 Å². The van der Waals surface area contributed by atoms with Crippen molar-refractivity contribution in [2.24, 2.45) is 11.3 Å². The SMILES string of the molecule is CCc1csc(N2CCC(C(=O)O)(C(C)C)C2)n1. The molecular formula is C13H20N2O2S. The van der Waals surface area contributed by atoms with Crippen LogP contribution in [0.25, 0.3) is 0 Å². The van der Waals surface area contributed by atoms with E-state index in [0.29, 0.717) is 13.0 Å². The van der Waals surface area contributed by atoms with Crippen molar-refractivity contribution in [3.63, 3.8) is 0 Å². The lowest BCUT2D eigenvalue weighted by Gasteiger charge is -2.28. The predicted molar refractivity (Wildman–Crippen MR) is 73.2 cm³/mol. The fourth-order valence-electron chi connectivity index (χ4n) is 2.49. The normalized spacial score (nSPS) is 23.9. The van der Waals surface area contributed by atoms with Crippen LogP contribution in [-0.4, -0.2) is 29.1 Å². The molecule has 1 aromatic rings. The second-order valence-corrected chi connectivity index (χ2v) is 6.10. The monoisotopic (exact) mass is 268 g/mol. The predicted octanol–water partition coefficient (Wildman–Crippen LogP) is 2.64. The van der Waals surface area contributed by atoms with Crippen molar-refractivity contribution in [3.8, 4) is 0 Å². The third-order valence-electron chi connectivity index (χ3n) is 4.00. The van der Waals surface area contributed by atoms with Crippen LogP contribution in [0.2, 0.25) is 0 Å². The lowest BCUT2D eigenvalue weighted by Crippen LogP contribution is -2.39. The molecule has 0 bridgehead atoms. The first kappa shape index (κ1) is 13.3. The van der Waals surface area contributed by atoms with Crippen molar-refractivity contribution in [2.45, 2.75) is 33.6 Å². The molecule has 0 amide bonds. The van der Waals surface area contributed by atoms with Gasteiger partial charge in [-0.05, 0) is 18.8 Å². The summed E-state index contributed by atoms with van der Waals surface area (Å²) in [6.45, 7) is 7.45. The van der Waals surface area contributed by atoms with Crippen LogP contribution in [0.3, 0.4) is 0 Å². The van der Waals surface area contributed by atoms with E-state index in [2.05, 4.69) is 22.2 Å². The molecule has 1 saturated heterocycles. The van der Waals surface area contributed by atoms with Crippen LogP contribution in [-0.2, 0) is 11.2 Å². The molecule has 100 valence electrons. The number of hydrogen-bond donors (Lipinski definition) is 1. The summed E-state index contributed by atoms with van der Waals surface area (Å²) in [4.78, 5) is 18.2. The minimum absolute atomic E-state index is 0.144. The molecule has 1 N–H and O–H groups in total. The summed E-state index contributed by atoms with van der Waals surface area (Å²) < 4.78 is 0. The molecule has 1 fully saturated rings. The van der Waals surface area contributed by atoms with E-state index >= 15 is 0 Å². The molecule has 1 unspecified atom stereocenters. The van der Waals surface area contributed by atoms with Gasteiger partial charge in [-0.15, -0.1) is 11.3 Å². The van der Waals surface area contributed by atoms with Gasteiger partial charge in [0.2, 0.25) is 0 Å². The van der Waals surface area contributed by atoms with Crippen LogP contribution in [0.15, 0.2) is 5.38 Å². The largest absolute Gasteiger partial charge is 0.481 e. The number of aromatic nitrogens is 1. The lowest BCUT2D eigenvalue weighted by atomic mass is 9.76. The highest BCUT2D eigenvalue weighted by atomic mass is 32.1. The summed E-state index contributed by atoms with van der Waals surface area (Å²) in [7, 11) is 0. The maximum atomic E-state index is 11.6. The van der Waals surface area contributed by atoms with Crippen molar-refractivity contribution in [1.29, 1.82) is 0 Å². The fraction of sp³-hybridized carbons (Fsp3) is 0.692. The summed E-state index contributed by atoms with van der Waals surface area (Å²) >= 11 is 1.62. The number of anilines is 1. The van der Waals surface area contributed by atoms with Gasteiger partial charge in [-0.3, -0.25) is 4.79 Å². The molecule has 2 heterocycles. The quantitative estimate of drug-likeness (QED) is 0.912. The summed E-state index contributed by atoms with van der Waals surface area (Å²) in [6, 6.07) is 0. The first-order valence-electron chi connectivity index (χ1n) is 6.42. The molecule has 2 rings (SSSR count). The van der Waals surface area contributed by atoms with Gasteiger partial charge in [-0.2, -0.15) is 0 Å². The molecule has 0 saturated carbocycles. The van der Waals surface area contributed by atoms with E-state index in [4.69, 9.17) is 0 Å². The summed E-state index contributed by atoms with van der Waals surface area (Å²) in [5.41, 5.74) is 0.477. The topological polar surface area (TPSA) is 53.4 Å². The molecule has 1 atom stereocenters. The van der Waals surface area contributed by atoms with Crippen molar-refractivity contribution in [2.75, 3.05) is 18.0 Å². The average molecular weight is 268 g/mol. The second kappa shape index (κ2) is 4.88. The van der Waals surface area contributed by atoms with E-state index in [9.17, 15) is 9.90 Å². The molecule has 1 aromatic heterocycles. The van der Waals surface area contributed by atoms with Crippen molar-refractivity contribution in [3.05, 3.63) is 11.1 Å². The minimum atomic E-state index is -0.674. The molecular weight excluding hydrogens is 248 g/mol. The van der Waals surface area contributed by atoms with Crippen molar-refractivity contribution in [1.82, 2.24) is 4.98 Å². The Hall–Kier alpha value is -1.10. The zero-order chi connectivity index (χ0) is 13.3. The lowest BCUT2D eigenvalue weighted by molar-refractivity contribution is -0.150. The van der Waals surface area contributed by atoms with Gasteiger partial charge in [0.15, 0.2) is 5.13 Å². The van der Waals surface area contributed by atoms with Crippen LogP contribution in [0, 0.1) is 11.3 Å². The Morgan fingerprint density at radius 3 is 2.83 bits per heavy atom. The van der Waals surface area contributed by atoms with Gasteiger partial charge in [-0.25, -0.2) is 4.98 Å². The second-order valence-electron chi connectivity index (χ2n) is 5.26. The molecule has 1 aliphatic rings. The van der Waals surface area contributed by atoms with Gasteiger partial charge in [0, 0.05) is 18.5 Å². The minimum Gasteiger partial charge on any atom is -0.481 e. The highest BCUT2D eigenvalue weighted by Gasteiger charge is 2.47. The Bertz CT molecular complexity index is 444. The Morgan fingerprint density at radius 1 is 1.67 bits per heavy atom. The average Bonchev–Trinajstić information content (AvgIpc) is 2.96. The number of aryl methyl sites for hydroxylation is 1. The van der Waals surface area contributed by atoms with E-state index in [1.807, 2.05) is 13.8 Å². The van der Waals surface area contributed by atoms with Gasteiger partial charge in [0.05, 0.1) is 11.1 Å². The molecule has 0 spiro atoms. The van der Waals surface area contributed by atoms with E-state index in [1.165, 1.54) is 0 Å². The molecule has 0 aliphatic carbocycles. The number of carbonyl (C=O) groups is 1. The number of thiazole rings is 1. The summed E-state index contributed by atoms with van der Waals surface area (Å²) in [5.74, 6) is -0.530. The molecule has 0 radical (unpaired) electrons. The van der Waals surface area contributed by atoms with Crippen LogP contribution >= 0.6 is 11.3 Å². The highest BCUT2D eigenvalue weighted by molar-refractivity contribution is 7.13. The molecule has 18 heavy (non-hydrogen) atoms. The Balaban J connectivity index is 2.18. The smallest absolute Gasteiger partial charge is 0.311 e. The standard InChI is InChI=1S/C13H20N2O2S/c1-4-10-7-18-12(14-10)15-6-5-13(8-15,9(2)3)11(16)17/h7,9H,4-6,8H2,1-3H3,(H,16,17). The number of rotatable bonds is 4. The Kier molecular flexibility index (Phi) is 3.61. The van der Waals surface area contributed by atoms with E-state index in [0.717, 1.165) is 23.8 Å². The zero-order valence-electron chi connectivity index (χ0n) is 11.1. The first-order valence-corrected chi connectivity index (χ1v) is 7.30. The molecule has 0 aromatic carbocycles. The number of hydrogen-bond acceptors (Lipinski definition) is 4. The number of nitrogens with zero attached hydrogens (tertiary/aromatic N) is 2. The highest BCUT2D eigenvalue weighted by Crippen LogP contribution is 2.40. The van der Waals surface area contributed by atoms with E-state index < -0.39 is 11.4 Å². The third-order valence-corrected chi connectivity index (χ3v) is 4.95. The van der Waals surface area contributed by atoms with Crippen molar-refractivity contribution >= 4 is 22.4 Å². The van der Waals surface area contributed by atoms with Crippen LogP contribution < -0.4 is 4.90 Å². The van der Waals surface area contributed by atoms with E-state index in [-0.39, 0.29) is 5.92 Å². The first-order chi connectivity index (χ1) is 8.49. The maximum absolute atomic E-state index is 11.6. The molecule has 5 heteroatoms. The molecule has 4 nitrogen and oxygen atoms in total. The van der Waals surface area contributed by atoms with E-state index in [1.54, 1.807) is 11.3 Å². The third kappa shape index (κ3) is 2.11.